The summed E-state index contributed by atoms with van der Waals surface area (Å²) in [6.07, 6.45) is 0. The van der Waals surface area contributed by atoms with Crippen molar-refractivity contribution < 1.29 is 90.8 Å². The molecule has 0 spiro atoms. The maximum atomic E-state index is 12.6. The molecule has 2 aliphatic rings. The lowest BCUT2D eigenvalue weighted by Crippen LogP contribution is -2.09. The van der Waals surface area contributed by atoms with Gasteiger partial charge in [0.1, 0.15) is 52.0 Å². The van der Waals surface area contributed by atoms with Crippen molar-refractivity contribution in [1.29, 1.82) is 0 Å². The zero-order chi connectivity index (χ0) is 49.8. The van der Waals surface area contributed by atoms with E-state index < -0.39 is 184 Å². The lowest BCUT2D eigenvalue weighted by Gasteiger charge is -2.08. The van der Waals surface area contributed by atoms with Gasteiger partial charge in [-0.15, -0.1) is 0 Å². The topological polar surface area (TPSA) is 490 Å². The average Bonchev–Trinajstić information content (AvgIpc) is 3.92. The number of nitrogens with zero attached hydrogens (tertiary/aromatic N) is 6. The smallest absolute Gasteiger partial charge is 0.295 e. The summed E-state index contributed by atoms with van der Waals surface area (Å²) in [4.78, 5) is 21.5. The number of nitrogens with one attached hydrogen (secondary N) is 2. The minimum absolute atomic E-state index is 0.139. The number of aromatic nitrogens is 8. The third-order valence-corrected chi connectivity index (χ3v) is 16.6. The molecule has 0 amide bonds. The Balaban J connectivity index is 1.58. The van der Waals surface area contributed by atoms with Crippen LogP contribution in [0, 0.1) is 0 Å². The fourth-order valence-corrected chi connectivity index (χ4v) is 13.0. The van der Waals surface area contributed by atoms with Gasteiger partial charge in [0.2, 0.25) is 0 Å². The Morgan fingerprint density at radius 1 is 0.294 bits per heavy atom. The third kappa shape index (κ3) is 7.94. The lowest BCUT2D eigenvalue weighted by molar-refractivity contribution is 0.466. The van der Waals surface area contributed by atoms with Crippen LogP contribution in [0.25, 0.3) is 89.7 Å². The van der Waals surface area contributed by atoms with Gasteiger partial charge in [0, 0.05) is 43.8 Å². The minimum atomic E-state index is -5.60. The van der Waals surface area contributed by atoms with Crippen molar-refractivity contribution in [3.63, 3.8) is 0 Å². The van der Waals surface area contributed by atoms with Gasteiger partial charge < -0.3 is 9.97 Å². The summed E-state index contributed by atoms with van der Waals surface area (Å²) in [6, 6.07) is 5.58. The summed E-state index contributed by atoms with van der Waals surface area (Å²) in [5.74, 6) is -2.55. The van der Waals surface area contributed by atoms with Crippen LogP contribution in [0.5, 0.6) is 0 Å². The molecule has 2 aliphatic heterocycles. The second-order valence-corrected chi connectivity index (χ2v) is 23.9. The molecule has 0 atom stereocenters. The Labute approximate surface area is 377 Å². The molecule has 354 valence electrons. The SMILES string of the molecule is O=S(=O)(O)c1ccc2c(c1)-c1nc-2nc2[nH]c(nc3nc(nc4[nH]c(n1)c1cc(S(=O)(=O)O)c(S(=O)(=O)O)cc41)-c1cc(S(=O)(=O)O)c(S(=O)(=O)O)cc1-3)c1cc(S(=O)(=O)O)c(S(=O)(=O)O)cc21. The first-order valence-corrected chi connectivity index (χ1v) is 27.5. The molecular formula is C32H18N8O21S7. The van der Waals surface area contributed by atoms with Crippen molar-refractivity contribution in [1.82, 2.24) is 39.9 Å². The Morgan fingerprint density at radius 2 is 0.544 bits per heavy atom. The first-order chi connectivity index (χ1) is 31.1. The average molecular weight is 1080 g/mol. The van der Waals surface area contributed by atoms with Gasteiger partial charge in [-0.2, -0.15) is 58.9 Å². The number of hydrogen-bond donors (Lipinski definition) is 9. The number of hydrogen-bond acceptors (Lipinski definition) is 20. The third-order valence-electron chi connectivity index (χ3n) is 9.96. The van der Waals surface area contributed by atoms with Crippen LogP contribution in [0.15, 0.2) is 88.9 Å². The Morgan fingerprint density at radius 3 is 0.809 bits per heavy atom. The highest BCUT2D eigenvalue weighted by molar-refractivity contribution is 7.90. The summed E-state index contributed by atoms with van der Waals surface area (Å²) in [6.45, 7) is 0. The quantitative estimate of drug-likeness (QED) is 0.102. The number of H-pyrrole nitrogens is 2. The molecule has 0 unspecified atom stereocenters. The molecule has 5 heterocycles. The number of rotatable bonds is 7. The zero-order valence-corrected chi connectivity index (χ0v) is 37.8. The van der Waals surface area contributed by atoms with E-state index in [1.54, 1.807) is 0 Å². The van der Waals surface area contributed by atoms with Gasteiger partial charge >= 0.3 is 0 Å². The van der Waals surface area contributed by atoms with Crippen LogP contribution < -0.4 is 0 Å². The van der Waals surface area contributed by atoms with E-state index in [4.69, 9.17) is 0 Å². The van der Waals surface area contributed by atoms with Crippen LogP contribution in [-0.2, 0) is 70.8 Å². The van der Waals surface area contributed by atoms with Gasteiger partial charge in [-0.3, -0.25) is 31.9 Å². The maximum Gasteiger partial charge on any atom is 0.295 e. The van der Waals surface area contributed by atoms with Crippen LogP contribution in [0.1, 0.15) is 0 Å². The van der Waals surface area contributed by atoms with Gasteiger partial charge in [-0.1, -0.05) is 0 Å². The van der Waals surface area contributed by atoms with E-state index in [1.807, 2.05) is 0 Å². The summed E-state index contributed by atoms with van der Waals surface area (Å²) < 4.78 is 246. The highest BCUT2D eigenvalue weighted by Gasteiger charge is 2.33. The zero-order valence-electron chi connectivity index (χ0n) is 32.1. The number of aromatic amines is 2. The second kappa shape index (κ2) is 14.6. The molecule has 4 aromatic carbocycles. The molecule has 0 radical (unpaired) electrons. The normalized spacial score (nSPS) is 13.8. The summed E-state index contributed by atoms with van der Waals surface area (Å²) in [5, 5.41) is -1.96. The van der Waals surface area contributed by atoms with Crippen LogP contribution in [0.3, 0.4) is 0 Å². The molecule has 36 heteroatoms. The van der Waals surface area contributed by atoms with E-state index >= 15 is 0 Å². The minimum Gasteiger partial charge on any atom is -0.324 e. The van der Waals surface area contributed by atoms with Crippen molar-refractivity contribution in [3.8, 4) is 45.6 Å². The van der Waals surface area contributed by atoms with Gasteiger partial charge in [0.15, 0.2) is 23.3 Å². The van der Waals surface area contributed by atoms with E-state index in [0.29, 0.717) is 36.4 Å². The van der Waals surface area contributed by atoms with Crippen molar-refractivity contribution in [3.05, 3.63) is 54.6 Å². The van der Waals surface area contributed by atoms with Gasteiger partial charge in [-0.25, -0.2) is 29.9 Å². The molecule has 7 aromatic rings. The van der Waals surface area contributed by atoms with Gasteiger partial charge in [0.25, 0.3) is 70.8 Å². The Kier molecular flexibility index (Phi) is 10.0. The molecule has 9 N–H and O–H groups in total. The fraction of sp³-hybridized carbons (Fsp3) is 0. The number of benzene rings is 4. The molecular weight excluding hydrogens is 1060 g/mol. The van der Waals surface area contributed by atoms with Crippen LogP contribution in [-0.4, -0.2) is 131 Å². The summed E-state index contributed by atoms with van der Waals surface area (Å²) >= 11 is 0. The number of fused-ring (bicyclic) bond motifs is 20. The van der Waals surface area contributed by atoms with E-state index in [-0.39, 0.29) is 11.1 Å². The van der Waals surface area contributed by atoms with Gasteiger partial charge in [-0.05, 0) is 54.6 Å². The Bertz CT molecular complexity index is 4540. The van der Waals surface area contributed by atoms with E-state index in [1.165, 1.54) is 0 Å². The molecule has 29 nitrogen and oxygen atoms in total. The highest BCUT2D eigenvalue weighted by Crippen LogP contribution is 2.42. The monoisotopic (exact) mass is 1070 g/mol. The van der Waals surface area contributed by atoms with Crippen molar-refractivity contribution >= 4 is 115 Å². The first kappa shape index (κ1) is 46.7. The maximum absolute atomic E-state index is 12.6. The highest BCUT2D eigenvalue weighted by atomic mass is 32.3. The molecule has 0 aliphatic carbocycles. The molecule has 8 bridgehead atoms. The predicted molar refractivity (Wildman–Crippen MR) is 225 cm³/mol. The predicted octanol–water partition coefficient (Wildman–Crippen LogP) is 1.60. The second-order valence-electron chi connectivity index (χ2n) is 14.2. The standard InChI is InChI=1S/C32H18N8O21S7/c41-62(42,43)10-1-2-11-12(3-10)26-33-25(11)34-27-13-4-19(63(44,45)46)20(64(47,48)49)5-14(13)29(36-27)38-31-17-8-23(67(56,57)58)24(68(59,60)61)9-18(17)32(40-31)39-30-16-7-22(66(53,54)55)21(65(50,51)52)6-15(16)28(35-26)37-30/h1-9H,(H,41,42,43)(H,44,45,46)(H,47,48,49)(H,50,51,52)(H,53,54,55)(H,56,57,58)(H,59,60,61)(H2,33,34,35,36,37,38,39,40). The van der Waals surface area contributed by atoms with Crippen LogP contribution in [0.4, 0.5) is 0 Å². The summed E-state index contributed by atoms with van der Waals surface area (Å²) in [5.41, 5.74) is -3.98. The molecule has 0 saturated carbocycles. The molecule has 68 heavy (non-hydrogen) atoms. The van der Waals surface area contributed by atoms with Crippen molar-refractivity contribution in [2.45, 2.75) is 34.3 Å². The first-order valence-electron chi connectivity index (χ1n) is 17.4. The molecule has 3 aromatic heterocycles. The van der Waals surface area contributed by atoms with Crippen molar-refractivity contribution in [2.75, 3.05) is 0 Å². The molecule has 9 rings (SSSR count). The van der Waals surface area contributed by atoms with E-state index in [2.05, 4.69) is 39.9 Å². The summed E-state index contributed by atoms with van der Waals surface area (Å²) in [7, 11) is -38.4. The fourth-order valence-electron chi connectivity index (χ4n) is 7.16. The van der Waals surface area contributed by atoms with Gasteiger partial charge in [0.05, 0.1) is 4.90 Å². The lowest BCUT2D eigenvalue weighted by atomic mass is 10.1. The molecule has 0 saturated heterocycles. The van der Waals surface area contributed by atoms with Crippen LogP contribution >= 0.6 is 0 Å². The Hall–Kier alpha value is -6.39. The van der Waals surface area contributed by atoms with Crippen molar-refractivity contribution in [2.24, 2.45) is 0 Å². The largest absolute Gasteiger partial charge is 0.324 e. The van der Waals surface area contributed by atoms with Crippen LogP contribution in [0.2, 0.25) is 0 Å². The van der Waals surface area contributed by atoms with E-state index in [0.717, 1.165) is 18.2 Å². The van der Waals surface area contributed by atoms with E-state index in [9.17, 15) is 90.8 Å². The molecule has 0 fully saturated rings.